The number of ether oxygens (including phenoxy) is 1. The summed E-state index contributed by atoms with van der Waals surface area (Å²) in [5.41, 5.74) is 0.0526. The first-order valence-electron chi connectivity index (χ1n) is 11.3. The summed E-state index contributed by atoms with van der Waals surface area (Å²) < 4.78 is 59.5. The number of aromatic nitrogens is 1. The number of nitrogens with zero attached hydrogens (tertiary/aromatic N) is 2. The van der Waals surface area contributed by atoms with E-state index in [1.54, 1.807) is 6.07 Å². The maximum atomic E-state index is 15.0. The van der Waals surface area contributed by atoms with Crippen molar-refractivity contribution in [3.05, 3.63) is 57.5 Å². The first kappa shape index (κ1) is 26.0. The van der Waals surface area contributed by atoms with Crippen LogP contribution in [0.5, 0.6) is 5.88 Å². The van der Waals surface area contributed by atoms with Gasteiger partial charge in [0.2, 0.25) is 5.88 Å². The highest BCUT2D eigenvalue weighted by molar-refractivity contribution is 6.31. The number of benzene rings is 1. The number of halogens is 6. The van der Waals surface area contributed by atoms with E-state index in [0.29, 0.717) is 37.1 Å². The van der Waals surface area contributed by atoms with Crippen LogP contribution in [0.15, 0.2) is 24.4 Å². The van der Waals surface area contributed by atoms with E-state index in [9.17, 15) is 23.1 Å². The molecule has 5 nitrogen and oxygen atoms in total. The van der Waals surface area contributed by atoms with Crippen molar-refractivity contribution >= 4 is 30.0 Å². The van der Waals surface area contributed by atoms with Crippen molar-refractivity contribution in [3.8, 4) is 5.88 Å². The van der Waals surface area contributed by atoms with Crippen LogP contribution in [0.2, 0.25) is 5.02 Å². The second-order valence-corrected chi connectivity index (χ2v) is 9.81. The van der Waals surface area contributed by atoms with Crippen LogP contribution in [-0.4, -0.2) is 39.1 Å². The van der Waals surface area contributed by atoms with Gasteiger partial charge in [0, 0.05) is 30.4 Å². The van der Waals surface area contributed by atoms with Crippen molar-refractivity contribution in [1.82, 2.24) is 9.88 Å². The zero-order valence-electron chi connectivity index (χ0n) is 18.5. The summed E-state index contributed by atoms with van der Waals surface area (Å²) >= 11 is 5.99. The summed E-state index contributed by atoms with van der Waals surface area (Å²) in [4.78, 5) is 17.5. The Hall–Kier alpha value is -2.10. The van der Waals surface area contributed by atoms with E-state index >= 15 is 4.39 Å². The summed E-state index contributed by atoms with van der Waals surface area (Å²) in [6.45, 7) is 0.314. The summed E-state index contributed by atoms with van der Waals surface area (Å²) in [6.07, 6.45) is 0.844. The molecular weight excluding hydrogens is 511 g/mol. The normalized spacial score (nSPS) is 24.2. The number of fused-ring (bicyclic) bond motifs is 2. The standard InChI is InChI=1S/C24H23ClF4N2O3.ClH/c25-20-7-15(24(27,28)29)10-30-22(20)34-18-8-16-3-4-17(9-18)31(16)11-14-5-13(12-1-2-12)6-19(21(14)26)23(32)33;/h5-7,10,12,16-18H,1-4,8-9,11H2,(H,32,33);1H. The van der Waals surface area contributed by atoms with Crippen molar-refractivity contribution in [3.63, 3.8) is 0 Å². The zero-order valence-corrected chi connectivity index (χ0v) is 20.1. The molecule has 0 amide bonds. The lowest BCUT2D eigenvalue weighted by Gasteiger charge is -2.39. The molecule has 0 radical (unpaired) electrons. The van der Waals surface area contributed by atoms with Gasteiger partial charge in [0.15, 0.2) is 0 Å². The largest absolute Gasteiger partial charge is 0.478 e. The molecule has 3 aliphatic rings. The quantitative estimate of drug-likeness (QED) is 0.430. The number of rotatable bonds is 6. The van der Waals surface area contributed by atoms with Gasteiger partial charge < -0.3 is 9.84 Å². The van der Waals surface area contributed by atoms with Crippen LogP contribution in [0.25, 0.3) is 0 Å². The second-order valence-electron chi connectivity index (χ2n) is 9.40. The number of carboxylic acid groups (broad SMARTS) is 1. The first-order chi connectivity index (χ1) is 16.1. The maximum absolute atomic E-state index is 15.0. The molecule has 35 heavy (non-hydrogen) atoms. The predicted octanol–water partition coefficient (Wildman–Crippen LogP) is 6.46. The van der Waals surface area contributed by atoms with Crippen LogP contribution >= 0.6 is 24.0 Å². The molecule has 2 atom stereocenters. The Bertz CT molecular complexity index is 1110. The van der Waals surface area contributed by atoms with Crippen LogP contribution in [0, 0.1) is 5.82 Å². The van der Waals surface area contributed by atoms with Crippen LogP contribution in [-0.2, 0) is 12.7 Å². The number of hydrogen-bond donors (Lipinski definition) is 1. The van der Waals surface area contributed by atoms with Gasteiger partial charge in [-0.2, -0.15) is 13.2 Å². The highest BCUT2D eigenvalue weighted by Gasteiger charge is 2.42. The zero-order chi connectivity index (χ0) is 24.2. The lowest BCUT2D eigenvalue weighted by molar-refractivity contribution is -0.137. The summed E-state index contributed by atoms with van der Waals surface area (Å²) in [6, 6.07) is 4.24. The molecule has 11 heteroatoms. The van der Waals surface area contributed by atoms with Gasteiger partial charge in [0.05, 0.1) is 11.1 Å². The summed E-state index contributed by atoms with van der Waals surface area (Å²) in [5.74, 6) is -1.68. The molecule has 2 aromatic rings. The monoisotopic (exact) mass is 534 g/mol. The molecule has 3 heterocycles. The lowest BCUT2D eigenvalue weighted by Crippen LogP contribution is -2.46. The van der Waals surface area contributed by atoms with Gasteiger partial charge in [0.25, 0.3) is 0 Å². The number of carboxylic acids is 1. The predicted molar refractivity (Wildman–Crippen MR) is 123 cm³/mol. The molecule has 2 saturated heterocycles. The fourth-order valence-electron chi connectivity index (χ4n) is 5.23. The van der Waals surface area contributed by atoms with Gasteiger partial charge in [-0.1, -0.05) is 17.7 Å². The van der Waals surface area contributed by atoms with Gasteiger partial charge in [-0.15, -0.1) is 12.4 Å². The van der Waals surface area contributed by atoms with E-state index in [4.69, 9.17) is 16.3 Å². The topological polar surface area (TPSA) is 62.7 Å². The minimum atomic E-state index is -4.54. The molecule has 0 spiro atoms. The molecule has 2 unspecified atom stereocenters. The third kappa shape index (κ3) is 5.37. The highest BCUT2D eigenvalue weighted by atomic mass is 35.5. The molecule has 190 valence electrons. The van der Waals surface area contributed by atoms with E-state index in [1.165, 1.54) is 6.07 Å². The highest BCUT2D eigenvalue weighted by Crippen LogP contribution is 2.43. The molecule has 3 fully saturated rings. The fourth-order valence-corrected chi connectivity index (χ4v) is 5.44. The van der Waals surface area contributed by atoms with Crippen molar-refractivity contribution in [2.75, 3.05) is 0 Å². The number of carbonyl (C=O) groups is 1. The van der Waals surface area contributed by atoms with E-state index < -0.39 is 23.5 Å². The average molecular weight is 535 g/mol. The Morgan fingerprint density at radius 2 is 1.80 bits per heavy atom. The Morgan fingerprint density at radius 3 is 2.34 bits per heavy atom. The van der Waals surface area contributed by atoms with E-state index in [1.807, 2.05) is 0 Å². The van der Waals surface area contributed by atoms with Crippen molar-refractivity contribution < 1.29 is 32.2 Å². The van der Waals surface area contributed by atoms with Crippen LogP contribution in [0.3, 0.4) is 0 Å². The Kier molecular flexibility index (Phi) is 7.23. The number of hydrogen-bond acceptors (Lipinski definition) is 4. The van der Waals surface area contributed by atoms with Crippen molar-refractivity contribution in [2.24, 2.45) is 0 Å². The number of pyridine rings is 1. The van der Waals surface area contributed by atoms with E-state index in [0.717, 1.165) is 37.3 Å². The van der Waals surface area contributed by atoms with E-state index in [2.05, 4.69) is 9.88 Å². The Balaban J connectivity index is 0.00000289. The van der Waals surface area contributed by atoms with Crippen LogP contribution < -0.4 is 4.74 Å². The third-order valence-electron chi connectivity index (χ3n) is 7.06. The lowest BCUT2D eigenvalue weighted by atomic mass is 9.96. The molecule has 1 aliphatic carbocycles. The van der Waals surface area contributed by atoms with Crippen molar-refractivity contribution in [2.45, 2.75) is 75.4 Å². The van der Waals surface area contributed by atoms with Crippen LogP contribution in [0.1, 0.15) is 71.5 Å². The van der Waals surface area contributed by atoms with Crippen LogP contribution in [0.4, 0.5) is 17.6 Å². The third-order valence-corrected chi connectivity index (χ3v) is 7.33. The van der Waals surface area contributed by atoms with Gasteiger partial charge in [-0.05, 0) is 62.1 Å². The maximum Gasteiger partial charge on any atom is 0.417 e. The van der Waals surface area contributed by atoms with E-state index in [-0.39, 0.29) is 47.1 Å². The molecule has 1 saturated carbocycles. The molecule has 2 aliphatic heterocycles. The molecule has 1 aromatic heterocycles. The van der Waals surface area contributed by atoms with Gasteiger partial charge in [0.1, 0.15) is 16.9 Å². The van der Waals surface area contributed by atoms with Gasteiger partial charge in [-0.3, -0.25) is 4.90 Å². The summed E-state index contributed by atoms with van der Waals surface area (Å²) in [7, 11) is 0. The Labute approximate surface area is 210 Å². The number of alkyl halides is 3. The second kappa shape index (κ2) is 9.75. The summed E-state index contributed by atoms with van der Waals surface area (Å²) in [5, 5.41) is 9.26. The Morgan fingerprint density at radius 1 is 1.14 bits per heavy atom. The smallest absolute Gasteiger partial charge is 0.417 e. The minimum absolute atomic E-state index is 0. The first-order valence-corrected chi connectivity index (χ1v) is 11.7. The molecule has 2 bridgehead atoms. The van der Waals surface area contributed by atoms with Gasteiger partial charge in [-0.25, -0.2) is 14.2 Å². The average Bonchev–Trinajstić information content (AvgIpc) is 3.57. The fraction of sp³-hybridized carbons (Fsp3) is 0.500. The molecule has 1 aromatic carbocycles. The number of aromatic carboxylic acids is 1. The minimum Gasteiger partial charge on any atom is -0.478 e. The van der Waals surface area contributed by atoms with Crippen molar-refractivity contribution in [1.29, 1.82) is 0 Å². The van der Waals surface area contributed by atoms with Gasteiger partial charge >= 0.3 is 12.1 Å². The molecule has 1 N–H and O–H groups in total. The molecular formula is C24H24Cl2F4N2O3. The molecule has 5 rings (SSSR count). The SMILES string of the molecule is Cl.O=C(O)c1cc(C2CC2)cc(CN2C3CCC2CC(Oc2ncc(C(F)(F)F)cc2Cl)C3)c1F. The number of piperidine rings is 1.